The molecule has 3 aromatic carbocycles. The number of aryl methyl sites for hydroxylation is 1. The number of hydrogen-bond donors (Lipinski definition) is 2. The fourth-order valence-corrected chi connectivity index (χ4v) is 5.78. The van der Waals surface area contributed by atoms with Gasteiger partial charge < -0.3 is 5.73 Å². The zero-order valence-electron chi connectivity index (χ0n) is 18.9. The lowest BCUT2D eigenvalue weighted by Crippen LogP contribution is -2.29. The average Bonchev–Trinajstić information content (AvgIpc) is 2.83. The zero-order valence-corrected chi connectivity index (χ0v) is 22.1. The second-order valence-electron chi connectivity index (χ2n) is 7.30. The van der Waals surface area contributed by atoms with Gasteiger partial charge in [0.2, 0.25) is 5.96 Å². The Bertz CT molecular complexity index is 1450. The van der Waals surface area contributed by atoms with Gasteiger partial charge in [0.25, 0.3) is 10.0 Å². The number of nitrogens with one attached hydrogen (secondary N) is 1. The number of benzene rings is 3. The quantitative estimate of drug-likeness (QED) is 0.138. The van der Waals surface area contributed by atoms with E-state index in [9.17, 15) is 8.42 Å². The van der Waals surface area contributed by atoms with Gasteiger partial charge in [-0.1, -0.05) is 65.5 Å². The van der Waals surface area contributed by atoms with Crippen molar-refractivity contribution >= 4 is 56.7 Å². The minimum Gasteiger partial charge on any atom is -0.368 e. The maximum absolute atomic E-state index is 13.1. The van der Waals surface area contributed by atoms with Crippen LogP contribution in [-0.2, 0) is 15.8 Å². The molecule has 0 bridgehead atoms. The highest BCUT2D eigenvalue weighted by molar-refractivity contribution is 7.99. The van der Waals surface area contributed by atoms with Crippen molar-refractivity contribution in [2.75, 3.05) is 0 Å². The Morgan fingerprint density at radius 3 is 2.46 bits per heavy atom. The molecule has 0 fully saturated rings. The molecule has 3 N–H and O–H groups in total. The minimum atomic E-state index is -4.16. The maximum Gasteiger partial charge on any atom is 0.286 e. The first-order valence-electron chi connectivity index (χ1n) is 10.3. The van der Waals surface area contributed by atoms with Crippen molar-refractivity contribution in [2.24, 2.45) is 15.2 Å². The van der Waals surface area contributed by atoms with Crippen molar-refractivity contribution in [1.82, 2.24) is 5.43 Å². The molecule has 0 amide bonds. The number of nitrogens with two attached hydrogens (primary N) is 1. The van der Waals surface area contributed by atoms with E-state index < -0.39 is 10.0 Å². The van der Waals surface area contributed by atoms with Crippen LogP contribution >= 0.6 is 35.0 Å². The summed E-state index contributed by atoms with van der Waals surface area (Å²) in [4.78, 5) is 0.427. The third-order valence-corrected chi connectivity index (χ3v) is 7.90. The molecule has 0 heterocycles. The Labute approximate surface area is 219 Å². The van der Waals surface area contributed by atoms with Crippen molar-refractivity contribution in [2.45, 2.75) is 29.4 Å². The van der Waals surface area contributed by atoms with Gasteiger partial charge in [-0.05, 0) is 61.2 Å². The summed E-state index contributed by atoms with van der Waals surface area (Å²) in [6.07, 6.45) is 0. The fourth-order valence-electron chi connectivity index (χ4n) is 2.77. The van der Waals surface area contributed by atoms with E-state index >= 15 is 0 Å². The Hall–Kier alpha value is -2.96. The SMILES string of the molecule is C/C(C#Cc1ccccc1)=N\N/C(N)=N/S(=O)(=O)c1cc(C)c(Cl)cc1SCc1ccccc1Cl. The summed E-state index contributed by atoms with van der Waals surface area (Å²) in [6.45, 7) is 3.38. The molecule has 0 spiro atoms. The van der Waals surface area contributed by atoms with Crippen LogP contribution in [0.15, 0.2) is 86.0 Å². The number of sulfonamides is 1. The predicted octanol–water partition coefficient (Wildman–Crippen LogP) is 5.61. The molecule has 10 heteroatoms. The van der Waals surface area contributed by atoms with Crippen LogP contribution < -0.4 is 11.2 Å². The van der Waals surface area contributed by atoms with Gasteiger partial charge in [-0.15, -0.1) is 16.2 Å². The second-order valence-corrected chi connectivity index (χ2v) is 10.7. The molecular formula is C25H22Cl2N4O2S2. The summed E-state index contributed by atoms with van der Waals surface area (Å²) in [6, 6.07) is 19.8. The van der Waals surface area contributed by atoms with E-state index in [0.29, 0.717) is 32.0 Å². The number of hydrogen-bond acceptors (Lipinski definition) is 4. The zero-order chi connectivity index (χ0) is 25.4. The number of halogens is 2. The van der Waals surface area contributed by atoms with Gasteiger partial charge in [0.1, 0.15) is 10.6 Å². The van der Waals surface area contributed by atoms with Crippen LogP contribution in [0.25, 0.3) is 0 Å². The van der Waals surface area contributed by atoms with Crippen molar-refractivity contribution in [3.8, 4) is 11.8 Å². The van der Waals surface area contributed by atoms with Crippen LogP contribution in [0.4, 0.5) is 0 Å². The monoisotopic (exact) mass is 544 g/mol. The fraction of sp³-hybridized carbons (Fsp3) is 0.120. The molecule has 180 valence electrons. The Kier molecular flexibility index (Phi) is 9.24. The molecule has 6 nitrogen and oxygen atoms in total. The lowest BCUT2D eigenvalue weighted by molar-refractivity contribution is 0.595. The van der Waals surface area contributed by atoms with Crippen molar-refractivity contribution in [1.29, 1.82) is 0 Å². The third-order valence-electron chi connectivity index (χ3n) is 4.56. The van der Waals surface area contributed by atoms with Crippen LogP contribution in [0, 0.1) is 18.8 Å². The predicted molar refractivity (Wildman–Crippen MR) is 146 cm³/mol. The van der Waals surface area contributed by atoms with Gasteiger partial charge in [-0.25, -0.2) is 5.43 Å². The minimum absolute atomic E-state index is 0.00854. The number of nitrogens with zero attached hydrogens (tertiary/aromatic N) is 2. The molecule has 0 unspecified atom stereocenters. The molecular weight excluding hydrogens is 523 g/mol. The molecule has 35 heavy (non-hydrogen) atoms. The van der Waals surface area contributed by atoms with Crippen molar-refractivity contribution in [3.05, 3.63) is 93.5 Å². The lowest BCUT2D eigenvalue weighted by Gasteiger charge is -2.11. The van der Waals surface area contributed by atoms with E-state index in [0.717, 1.165) is 11.1 Å². The van der Waals surface area contributed by atoms with E-state index in [-0.39, 0.29) is 10.9 Å². The van der Waals surface area contributed by atoms with Crippen LogP contribution in [0.5, 0.6) is 0 Å². The molecule has 0 saturated carbocycles. The molecule has 3 rings (SSSR count). The molecule has 0 atom stereocenters. The van der Waals surface area contributed by atoms with Gasteiger partial charge in [-0.2, -0.15) is 13.5 Å². The normalized spacial score (nSPS) is 12.1. The molecule has 0 aromatic heterocycles. The Morgan fingerprint density at radius 1 is 1.06 bits per heavy atom. The topological polar surface area (TPSA) is 96.9 Å². The summed E-state index contributed by atoms with van der Waals surface area (Å²) >= 11 is 13.8. The van der Waals surface area contributed by atoms with Crippen LogP contribution in [0.2, 0.25) is 10.0 Å². The molecule has 0 radical (unpaired) electrons. The van der Waals surface area contributed by atoms with Gasteiger partial charge >= 0.3 is 0 Å². The maximum atomic E-state index is 13.1. The molecule has 0 saturated heterocycles. The first kappa shape index (κ1) is 26.6. The van der Waals surface area contributed by atoms with Gasteiger partial charge in [-0.3, -0.25) is 0 Å². The Balaban J connectivity index is 1.81. The smallest absolute Gasteiger partial charge is 0.286 e. The second kappa shape index (κ2) is 12.1. The Morgan fingerprint density at radius 2 is 1.74 bits per heavy atom. The number of hydrazone groups is 1. The highest BCUT2D eigenvalue weighted by Gasteiger charge is 2.21. The number of thioether (sulfide) groups is 1. The molecule has 0 aliphatic rings. The van der Waals surface area contributed by atoms with E-state index in [1.807, 2.05) is 48.5 Å². The van der Waals surface area contributed by atoms with E-state index in [2.05, 4.69) is 26.8 Å². The average molecular weight is 546 g/mol. The number of rotatable bonds is 6. The molecule has 0 aliphatic carbocycles. The number of guanidine groups is 1. The van der Waals surface area contributed by atoms with Crippen LogP contribution in [-0.4, -0.2) is 20.1 Å². The first-order chi connectivity index (χ1) is 16.7. The summed E-state index contributed by atoms with van der Waals surface area (Å²) in [5, 5.41) is 5.03. The van der Waals surface area contributed by atoms with Gasteiger partial charge in [0.15, 0.2) is 0 Å². The highest BCUT2D eigenvalue weighted by atomic mass is 35.5. The van der Waals surface area contributed by atoms with Crippen molar-refractivity contribution < 1.29 is 8.42 Å². The molecule has 0 aliphatic heterocycles. The standard InChI is InChI=1S/C25H22Cl2N4O2S2/c1-17-14-24(23(15-22(17)27)34-16-20-10-6-7-11-21(20)26)35(32,33)31-25(28)30-29-18(2)12-13-19-8-4-3-5-9-19/h3-11,14-15H,16H2,1-2H3,(H3,28,30,31)/b29-18+. The molecule has 3 aromatic rings. The van der Waals surface area contributed by atoms with Crippen LogP contribution in [0.3, 0.4) is 0 Å². The summed E-state index contributed by atoms with van der Waals surface area (Å²) in [7, 11) is -4.16. The summed E-state index contributed by atoms with van der Waals surface area (Å²) in [5.74, 6) is 5.86. The summed E-state index contributed by atoms with van der Waals surface area (Å²) < 4.78 is 29.9. The third kappa shape index (κ3) is 7.77. The highest BCUT2D eigenvalue weighted by Crippen LogP contribution is 2.35. The first-order valence-corrected chi connectivity index (χ1v) is 13.5. The van der Waals surface area contributed by atoms with Crippen LogP contribution in [0.1, 0.15) is 23.6 Å². The van der Waals surface area contributed by atoms with E-state index in [4.69, 9.17) is 28.9 Å². The lowest BCUT2D eigenvalue weighted by atomic mass is 10.2. The summed E-state index contributed by atoms with van der Waals surface area (Å²) in [5.41, 5.74) is 10.9. The van der Waals surface area contributed by atoms with E-state index in [1.165, 1.54) is 17.8 Å². The van der Waals surface area contributed by atoms with Gasteiger partial charge in [0, 0.05) is 26.3 Å². The van der Waals surface area contributed by atoms with E-state index in [1.54, 1.807) is 26.0 Å². The largest absolute Gasteiger partial charge is 0.368 e. The van der Waals surface area contributed by atoms with Crippen molar-refractivity contribution in [3.63, 3.8) is 0 Å². The van der Waals surface area contributed by atoms with Gasteiger partial charge in [0.05, 0.1) is 0 Å².